The Morgan fingerprint density at radius 1 is 0.402 bits per heavy atom. The van der Waals surface area contributed by atoms with Crippen LogP contribution in [0.4, 0.5) is 64.4 Å². The van der Waals surface area contributed by atoms with Gasteiger partial charge in [-0.2, -0.15) is 23.7 Å². The first kappa shape index (κ1) is 90.8. The number of nitrogens with zero attached hydrogens (tertiary/aromatic N) is 9. The topological polar surface area (TPSA) is 202 Å². The minimum Gasteiger partial charge on any atom is -0.545 e. The second-order valence-electron chi connectivity index (χ2n) is 24.0. The molecule has 0 aromatic heterocycles. The summed E-state index contributed by atoms with van der Waals surface area (Å²) in [7, 11) is 15.5. The number of hydrogen-bond donors (Lipinski definition) is 2. The molecule has 0 saturated heterocycles. The van der Waals surface area contributed by atoms with Gasteiger partial charge in [-0.3, -0.25) is 14.4 Å². The van der Waals surface area contributed by atoms with Gasteiger partial charge in [0, 0.05) is 150 Å². The molecule has 0 atom stereocenters. The number of para-hydroxylation sites is 2. The number of halogens is 5. The summed E-state index contributed by atoms with van der Waals surface area (Å²) in [6.45, 7) is 9.68. The van der Waals surface area contributed by atoms with Gasteiger partial charge in [-0.15, -0.1) is 0 Å². The van der Waals surface area contributed by atoms with E-state index in [0.717, 1.165) is 87.5 Å². The van der Waals surface area contributed by atoms with Gasteiger partial charge in [0.2, 0.25) is 0 Å². The second-order valence-corrected chi connectivity index (χ2v) is 24.8. The van der Waals surface area contributed by atoms with Gasteiger partial charge in [0.15, 0.2) is 17.3 Å². The van der Waals surface area contributed by atoms with E-state index < -0.39 is 17.7 Å². The quantitative estimate of drug-likeness (QED) is 0.0538. The summed E-state index contributed by atoms with van der Waals surface area (Å²) in [4.78, 5) is 58.7. The standard InChI is InChI=1S/C17H17NO2.C15H15NO.C14H12N2.C11H14F3N.C11H14N2O2.C9H11NO2.C8H9Cl2N.Na/c1-12(19)14-4-8-16(9-5-14)18(3)17-10-6-15(7-11-17)13(2)20;1-16(2)14-10-8-13(9-11-14)15(17)12-6-4-3-5-7-12;1-16(13-5-3-2-4-6-13)14-9-7-12(11-15)8-10-14;1-3-15(4-2)10-7-5-9(6-8-10)11(12,13)14;12-9-10-1-3-11(4-2-10)13(5-7-14)6-8-15;1-10(2)8-5-3-7(4-6-8)9(11)12;1-11(2)8-6(9)4-3-5-7(8)10;/h4-11H,1-3H3;3-11H,1-2H3;2-10H,1H3;5-8H,3-4H2,1-2H3;1-4,14-15H,5-8H2;3-6H,1-2H3,(H,11,12);3-5H,1-2H3;/q;;;;;;;+1/p-1. The molecule has 16 nitrogen and oxygen atoms in total. The Hall–Kier alpha value is -10.5. The summed E-state index contributed by atoms with van der Waals surface area (Å²) in [5.74, 6) is -0.953. The molecule has 0 radical (unpaired) electrons. The van der Waals surface area contributed by atoms with E-state index in [0.29, 0.717) is 45.4 Å². The molecule has 0 aliphatic carbocycles. The van der Waals surface area contributed by atoms with E-state index in [4.69, 9.17) is 43.9 Å². The van der Waals surface area contributed by atoms with Crippen molar-refractivity contribution in [1.82, 2.24) is 0 Å². The fraction of sp³-hybridized carbons (Fsp3) is 0.224. The molecule has 0 saturated carbocycles. The number of carboxylic acid groups (broad SMARTS) is 1. The van der Waals surface area contributed by atoms with Crippen molar-refractivity contribution in [2.24, 2.45) is 0 Å². The van der Waals surface area contributed by atoms with Crippen LogP contribution in [0.25, 0.3) is 0 Å². The maximum atomic E-state index is 12.3. The largest absolute Gasteiger partial charge is 1.00 e. The van der Waals surface area contributed by atoms with Gasteiger partial charge in [0.1, 0.15) is 0 Å². The maximum absolute atomic E-state index is 12.3. The van der Waals surface area contributed by atoms with Crippen molar-refractivity contribution in [3.05, 3.63) is 303 Å². The number of benzene rings is 10. The number of carbonyl (C=O) groups is 4. The summed E-state index contributed by atoms with van der Waals surface area (Å²) in [5.41, 5.74) is 12.6. The van der Waals surface area contributed by atoms with Crippen LogP contribution in [0.2, 0.25) is 10.0 Å². The number of aromatic carboxylic acids is 1. The monoisotopic (exact) mass is 1500 g/mol. The van der Waals surface area contributed by atoms with Crippen LogP contribution in [-0.2, 0) is 6.18 Å². The van der Waals surface area contributed by atoms with Crippen molar-refractivity contribution < 1.29 is 77.2 Å². The molecule has 0 aliphatic heterocycles. The SMILES string of the molecule is CC(=O)c1ccc(N(C)c2ccc(C(C)=O)cc2)cc1.CCN(CC)c1ccc(C(F)(F)F)cc1.CN(C)c1c(Cl)cccc1Cl.CN(C)c1ccc(C(=O)[O-])cc1.CN(C)c1ccc(C(=O)c2ccccc2)cc1.CN(c1ccccc1)c1ccc(C#N)cc1.N#Cc1ccc(N(CCO)CCO)cc1.[Na+]. The molecule has 107 heavy (non-hydrogen) atoms. The van der Waals surface area contributed by atoms with Crippen LogP contribution in [0.5, 0.6) is 0 Å². The van der Waals surface area contributed by atoms with Crippen LogP contribution in [0.1, 0.15) is 91.4 Å². The number of carboxylic acids is 1. The van der Waals surface area contributed by atoms with Crippen LogP contribution in [0.15, 0.2) is 249 Å². The molecule has 0 bridgehead atoms. The molecule has 10 aromatic rings. The van der Waals surface area contributed by atoms with Gasteiger partial charge in [0.25, 0.3) is 0 Å². The van der Waals surface area contributed by atoms with Gasteiger partial charge in [0.05, 0.1) is 63.7 Å². The maximum Gasteiger partial charge on any atom is 1.00 e. The minimum atomic E-state index is -4.25. The van der Waals surface area contributed by atoms with Crippen LogP contribution < -0.4 is 69.0 Å². The van der Waals surface area contributed by atoms with E-state index in [2.05, 4.69) is 23.1 Å². The van der Waals surface area contributed by atoms with Crippen molar-refractivity contribution in [2.45, 2.75) is 33.9 Å². The summed E-state index contributed by atoms with van der Waals surface area (Å²) in [5, 5.41) is 46.8. The second kappa shape index (κ2) is 47.2. The third-order valence-electron chi connectivity index (χ3n) is 16.0. The van der Waals surface area contributed by atoms with E-state index >= 15 is 0 Å². The number of aliphatic hydroxyl groups is 2. The third-order valence-corrected chi connectivity index (χ3v) is 16.6. The zero-order valence-corrected chi connectivity index (χ0v) is 66.3. The van der Waals surface area contributed by atoms with Gasteiger partial charge in [-0.05, 0) is 215 Å². The van der Waals surface area contributed by atoms with Crippen molar-refractivity contribution in [3.63, 3.8) is 0 Å². The number of Topliss-reactive ketones (excluding diaryl/α,β-unsaturated/α-hetero) is 2. The summed E-state index contributed by atoms with van der Waals surface area (Å²) >= 11 is 11.8. The van der Waals surface area contributed by atoms with Gasteiger partial charge < -0.3 is 54.4 Å². The number of rotatable bonds is 20. The Morgan fingerprint density at radius 2 is 0.710 bits per heavy atom. The molecule has 22 heteroatoms. The average Bonchev–Trinajstić information content (AvgIpc) is 0.881. The van der Waals surface area contributed by atoms with E-state index in [1.165, 1.54) is 24.3 Å². The normalized spacial score (nSPS) is 9.95. The smallest absolute Gasteiger partial charge is 0.545 e. The summed E-state index contributed by atoms with van der Waals surface area (Å²) in [6.07, 6.45) is -4.25. The molecule has 0 aliphatic rings. The number of carbonyl (C=O) groups excluding carboxylic acids is 4. The van der Waals surface area contributed by atoms with Gasteiger partial charge >= 0.3 is 35.7 Å². The number of nitriles is 2. The molecule has 0 unspecified atom stereocenters. The molecule has 0 amide bonds. The van der Waals surface area contributed by atoms with Crippen molar-refractivity contribution in [1.29, 1.82) is 10.5 Å². The molecule has 0 fully saturated rings. The molecule has 2 N–H and O–H groups in total. The Kier molecular flexibility index (Phi) is 40.0. The van der Waals surface area contributed by atoms with E-state index in [1.54, 1.807) is 38.1 Å². The molecule has 554 valence electrons. The Balaban J connectivity index is 0.000000326. The van der Waals surface area contributed by atoms with Crippen LogP contribution in [-0.4, -0.2) is 129 Å². The van der Waals surface area contributed by atoms with Crippen molar-refractivity contribution in [2.75, 3.05) is 130 Å². The molecular weight excluding hydrogens is 1410 g/mol. The first-order chi connectivity index (χ1) is 50.5. The molecular formula is C85H91Cl2F3N9NaO7. The number of alkyl halides is 3. The minimum absolute atomic E-state index is 0. The number of hydrogen-bond acceptors (Lipinski definition) is 16. The number of aliphatic hydroxyl groups excluding tert-OH is 2. The Labute approximate surface area is 660 Å². The zero-order valence-electron chi connectivity index (χ0n) is 62.8. The number of anilines is 9. The van der Waals surface area contributed by atoms with Crippen molar-refractivity contribution >= 4 is 97.7 Å². The van der Waals surface area contributed by atoms with Crippen molar-refractivity contribution in [3.8, 4) is 12.1 Å². The van der Waals surface area contributed by atoms with Crippen LogP contribution in [0.3, 0.4) is 0 Å². The predicted molar refractivity (Wildman–Crippen MR) is 426 cm³/mol. The molecule has 0 spiro atoms. The molecule has 10 rings (SSSR count). The summed E-state index contributed by atoms with van der Waals surface area (Å²) in [6, 6.07) is 78.1. The molecule has 10 aromatic carbocycles. The van der Waals surface area contributed by atoms with E-state index in [1.807, 2.05) is 282 Å². The Bertz CT molecular complexity index is 4290. The van der Waals surface area contributed by atoms with E-state index in [-0.39, 0.29) is 65.7 Å². The average molecular weight is 1500 g/mol. The fourth-order valence-corrected chi connectivity index (χ4v) is 10.6. The third kappa shape index (κ3) is 30.5. The number of ketones is 3. The van der Waals surface area contributed by atoms with Crippen LogP contribution in [0, 0.1) is 22.7 Å². The predicted octanol–water partition coefficient (Wildman–Crippen LogP) is 14.2. The van der Waals surface area contributed by atoms with Gasteiger partial charge in [-0.25, -0.2) is 0 Å². The van der Waals surface area contributed by atoms with E-state index in [9.17, 15) is 37.5 Å². The zero-order chi connectivity index (χ0) is 78.5. The summed E-state index contributed by atoms with van der Waals surface area (Å²) < 4.78 is 36.8. The first-order valence-corrected chi connectivity index (χ1v) is 34.4. The Morgan fingerprint density at radius 3 is 1.03 bits per heavy atom. The first-order valence-electron chi connectivity index (χ1n) is 33.6. The van der Waals surface area contributed by atoms with Crippen LogP contribution >= 0.6 is 23.2 Å². The van der Waals surface area contributed by atoms with Gasteiger partial charge in [-0.1, -0.05) is 89.9 Å². The fourth-order valence-electron chi connectivity index (χ4n) is 9.84. The molecule has 0 heterocycles.